The van der Waals surface area contributed by atoms with Crippen LogP contribution in [0.2, 0.25) is 0 Å². The number of nitrogens with one attached hydrogen (secondary N) is 1. The molecule has 0 spiro atoms. The first-order chi connectivity index (χ1) is 7.04. The SMILES string of the molecule is N#Cc1ccc(NC(=O)C(F)F)c(Br)c1. The molecule has 1 amide bonds. The first-order valence-electron chi connectivity index (χ1n) is 3.83. The minimum absolute atomic E-state index is 0.208. The average Bonchev–Trinajstić information content (AvgIpc) is 2.20. The Hall–Kier alpha value is -1.48. The molecule has 0 aliphatic heterocycles. The first kappa shape index (κ1) is 11.6. The standard InChI is InChI=1S/C9H5BrF2N2O/c10-6-3-5(4-13)1-2-7(6)14-9(15)8(11)12/h1-3,8H,(H,14,15). The maximum Gasteiger partial charge on any atom is 0.315 e. The zero-order chi connectivity index (χ0) is 11.4. The molecule has 0 radical (unpaired) electrons. The molecule has 1 aromatic carbocycles. The van der Waals surface area contributed by atoms with Crippen LogP contribution in [-0.4, -0.2) is 12.3 Å². The predicted octanol–water partition coefficient (Wildman–Crippen LogP) is 2.52. The van der Waals surface area contributed by atoms with E-state index in [0.29, 0.717) is 10.0 Å². The van der Waals surface area contributed by atoms with Crippen LogP contribution in [0.25, 0.3) is 0 Å². The molecule has 0 aliphatic carbocycles. The second-order valence-electron chi connectivity index (χ2n) is 2.60. The molecule has 1 rings (SSSR count). The lowest BCUT2D eigenvalue weighted by Crippen LogP contribution is -2.20. The second-order valence-corrected chi connectivity index (χ2v) is 3.45. The first-order valence-corrected chi connectivity index (χ1v) is 4.62. The van der Waals surface area contributed by atoms with Crippen molar-refractivity contribution in [3.05, 3.63) is 28.2 Å². The van der Waals surface area contributed by atoms with Crippen LogP contribution in [0.4, 0.5) is 14.5 Å². The number of rotatable bonds is 2. The van der Waals surface area contributed by atoms with E-state index < -0.39 is 12.3 Å². The maximum absolute atomic E-state index is 11.9. The minimum atomic E-state index is -3.06. The Morgan fingerprint density at radius 2 is 2.20 bits per heavy atom. The summed E-state index contributed by atoms with van der Waals surface area (Å²) in [5.74, 6) is -1.37. The number of hydrogen-bond acceptors (Lipinski definition) is 2. The molecule has 0 unspecified atom stereocenters. The summed E-state index contributed by atoms with van der Waals surface area (Å²) in [6.07, 6.45) is -3.06. The van der Waals surface area contributed by atoms with Gasteiger partial charge in [-0.2, -0.15) is 14.0 Å². The minimum Gasteiger partial charge on any atom is -0.320 e. The zero-order valence-electron chi connectivity index (χ0n) is 7.30. The van der Waals surface area contributed by atoms with Gasteiger partial charge in [-0.3, -0.25) is 4.79 Å². The van der Waals surface area contributed by atoms with Gasteiger partial charge in [-0.1, -0.05) is 0 Å². The monoisotopic (exact) mass is 274 g/mol. The number of hydrogen-bond donors (Lipinski definition) is 1. The van der Waals surface area contributed by atoms with Crippen LogP contribution >= 0.6 is 15.9 Å². The Morgan fingerprint density at radius 3 is 2.67 bits per heavy atom. The number of benzene rings is 1. The number of nitriles is 1. The third-order valence-electron chi connectivity index (χ3n) is 1.55. The van der Waals surface area contributed by atoms with Gasteiger partial charge in [-0.05, 0) is 34.1 Å². The van der Waals surface area contributed by atoms with Crippen LogP contribution < -0.4 is 5.32 Å². The van der Waals surface area contributed by atoms with E-state index in [9.17, 15) is 13.6 Å². The number of carbonyl (C=O) groups excluding carboxylic acids is 1. The topological polar surface area (TPSA) is 52.9 Å². The van der Waals surface area contributed by atoms with Gasteiger partial charge in [0.2, 0.25) is 0 Å². The lowest BCUT2D eigenvalue weighted by molar-refractivity contribution is -0.126. The molecule has 15 heavy (non-hydrogen) atoms. The van der Waals surface area contributed by atoms with Gasteiger partial charge in [-0.25, -0.2) is 0 Å². The number of alkyl halides is 2. The summed E-state index contributed by atoms with van der Waals surface area (Å²) in [5.41, 5.74) is 0.580. The molecule has 0 aliphatic rings. The second kappa shape index (κ2) is 4.84. The van der Waals surface area contributed by atoms with E-state index in [-0.39, 0.29) is 5.69 Å². The van der Waals surface area contributed by atoms with Gasteiger partial charge in [0.05, 0.1) is 17.3 Å². The Labute approximate surface area is 92.8 Å². The van der Waals surface area contributed by atoms with Gasteiger partial charge in [0.1, 0.15) is 0 Å². The summed E-state index contributed by atoms with van der Waals surface area (Å²) < 4.78 is 24.2. The Bertz CT molecular complexity index is 429. The number of amides is 1. The normalized spacial score (nSPS) is 9.80. The fraction of sp³-hybridized carbons (Fsp3) is 0.111. The summed E-state index contributed by atoms with van der Waals surface area (Å²) in [6.45, 7) is 0. The van der Waals surface area contributed by atoms with Crippen molar-refractivity contribution in [2.45, 2.75) is 6.43 Å². The van der Waals surface area contributed by atoms with Crippen molar-refractivity contribution >= 4 is 27.5 Å². The van der Waals surface area contributed by atoms with Crippen LogP contribution in [0.3, 0.4) is 0 Å². The zero-order valence-corrected chi connectivity index (χ0v) is 8.88. The molecule has 0 atom stereocenters. The fourth-order valence-corrected chi connectivity index (χ4v) is 1.35. The van der Waals surface area contributed by atoms with E-state index in [1.54, 1.807) is 0 Å². The van der Waals surface area contributed by atoms with Crippen LogP contribution in [0.1, 0.15) is 5.56 Å². The highest BCUT2D eigenvalue weighted by Gasteiger charge is 2.16. The molecule has 6 heteroatoms. The van der Waals surface area contributed by atoms with E-state index in [1.165, 1.54) is 18.2 Å². The molecule has 0 fully saturated rings. The van der Waals surface area contributed by atoms with Gasteiger partial charge in [0, 0.05) is 4.47 Å². The van der Waals surface area contributed by atoms with Gasteiger partial charge >= 0.3 is 6.43 Å². The molecule has 0 saturated heterocycles. The van der Waals surface area contributed by atoms with E-state index >= 15 is 0 Å². The smallest absolute Gasteiger partial charge is 0.315 e. The van der Waals surface area contributed by atoms with Crippen LogP contribution in [0, 0.1) is 11.3 Å². The van der Waals surface area contributed by atoms with Crippen molar-refractivity contribution in [1.29, 1.82) is 5.26 Å². The van der Waals surface area contributed by atoms with Crippen molar-refractivity contribution in [3.63, 3.8) is 0 Å². The molecule has 3 nitrogen and oxygen atoms in total. The molecule has 1 aromatic rings. The Kier molecular flexibility index (Phi) is 3.74. The Morgan fingerprint density at radius 1 is 1.53 bits per heavy atom. The van der Waals surface area contributed by atoms with Crippen LogP contribution in [-0.2, 0) is 4.79 Å². The summed E-state index contributed by atoms with van der Waals surface area (Å²) >= 11 is 3.05. The highest BCUT2D eigenvalue weighted by atomic mass is 79.9. The van der Waals surface area contributed by atoms with Crippen molar-refractivity contribution in [1.82, 2.24) is 0 Å². The quantitative estimate of drug-likeness (QED) is 0.901. The van der Waals surface area contributed by atoms with E-state index in [2.05, 4.69) is 15.9 Å². The van der Waals surface area contributed by atoms with E-state index in [1.807, 2.05) is 11.4 Å². The highest BCUT2D eigenvalue weighted by Crippen LogP contribution is 2.23. The lowest BCUT2D eigenvalue weighted by atomic mass is 10.2. The third-order valence-corrected chi connectivity index (χ3v) is 2.21. The molecule has 0 bridgehead atoms. The van der Waals surface area contributed by atoms with Crippen molar-refractivity contribution in [2.24, 2.45) is 0 Å². The largest absolute Gasteiger partial charge is 0.320 e. The van der Waals surface area contributed by atoms with Crippen molar-refractivity contribution in [3.8, 4) is 6.07 Å². The lowest BCUT2D eigenvalue weighted by Gasteiger charge is -2.06. The number of halogens is 3. The molecule has 0 saturated carbocycles. The summed E-state index contributed by atoms with van der Waals surface area (Å²) in [7, 11) is 0. The fourth-order valence-electron chi connectivity index (χ4n) is 0.873. The molecular formula is C9H5BrF2N2O. The third kappa shape index (κ3) is 2.99. The van der Waals surface area contributed by atoms with E-state index in [0.717, 1.165) is 0 Å². The molecule has 78 valence electrons. The van der Waals surface area contributed by atoms with Crippen molar-refractivity contribution < 1.29 is 13.6 Å². The van der Waals surface area contributed by atoms with Gasteiger partial charge < -0.3 is 5.32 Å². The summed E-state index contributed by atoms with van der Waals surface area (Å²) in [5, 5.41) is 10.6. The summed E-state index contributed by atoms with van der Waals surface area (Å²) in [4.78, 5) is 10.7. The molecular weight excluding hydrogens is 270 g/mol. The van der Waals surface area contributed by atoms with Gasteiger partial charge in [0.15, 0.2) is 0 Å². The average molecular weight is 275 g/mol. The van der Waals surface area contributed by atoms with Crippen molar-refractivity contribution in [2.75, 3.05) is 5.32 Å². The maximum atomic E-state index is 11.9. The Balaban J connectivity index is 2.89. The van der Waals surface area contributed by atoms with Gasteiger partial charge in [-0.15, -0.1) is 0 Å². The summed E-state index contributed by atoms with van der Waals surface area (Å²) in [6, 6.07) is 6.11. The van der Waals surface area contributed by atoms with Crippen LogP contribution in [0.15, 0.2) is 22.7 Å². The number of carbonyl (C=O) groups is 1. The predicted molar refractivity (Wildman–Crippen MR) is 53.5 cm³/mol. The number of nitrogens with zero attached hydrogens (tertiary/aromatic N) is 1. The number of anilines is 1. The molecule has 1 N–H and O–H groups in total. The molecule has 0 aromatic heterocycles. The molecule has 0 heterocycles. The van der Waals surface area contributed by atoms with Gasteiger partial charge in [0.25, 0.3) is 5.91 Å². The highest BCUT2D eigenvalue weighted by molar-refractivity contribution is 9.10. The van der Waals surface area contributed by atoms with Crippen LogP contribution in [0.5, 0.6) is 0 Å². The van der Waals surface area contributed by atoms with E-state index in [4.69, 9.17) is 5.26 Å².